The van der Waals surface area contributed by atoms with E-state index >= 15 is 0 Å². The van der Waals surface area contributed by atoms with Crippen LogP contribution >= 0.6 is 0 Å². The largest absolute Gasteiger partial charge is 0.454 e. The van der Waals surface area contributed by atoms with E-state index in [2.05, 4.69) is 28.6 Å². The minimum atomic E-state index is -0.268. The first-order valence-corrected chi connectivity index (χ1v) is 9.95. The fraction of sp³-hybridized carbons (Fsp3) is 0.364. The van der Waals surface area contributed by atoms with E-state index in [-0.39, 0.29) is 18.8 Å². The number of hydrogen-bond acceptors (Lipinski definition) is 5. The molecule has 152 valence electrons. The molecule has 2 aliphatic heterocycles. The standard InChI is InChI=1S/C22H25N3O4/c1-2-15-6-3-4-8-18(15)24-22(23-13-17-7-5-11-27-17)25-21(26)16-9-10-19-20(12-16)29-14-28-19/h3-4,6,8-10,12,17H,2,5,7,11,13-14H2,1H3,(H2,23,24,25,26)/t17-/m1/s1. The number of anilines is 1. The van der Waals surface area contributed by atoms with Gasteiger partial charge in [0.1, 0.15) is 0 Å². The Balaban J connectivity index is 1.52. The smallest absolute Gasteiger partial charge is 0.258 e. The number of nitrogens with zero attached hydrogens (tertiary/aromatic N) is 1. The lowest BCUT2D eigenvalue weighted by Crippen LogP contribution is -2.37. The van der Waals surface area contributed by atoms with Gasteiger partial charge in [-0.2, -0.15) is 0 Å². The van der Waals surface area contributed by atoms with E-state index in [9.17, 15) is 4.79 Å². The Morgan fingerprint density at radius 3 is 2.86 bits per heavy atom. The Labute approximate surface area is 170 Å². The molecule has 0 aliphatic carbocycles. The molecule has 0 spiro atoms. The summed E-state index contributed by atoms with van der Waals surface area (Å²) >= 11 is 0. The number of guanidine groups is 1. The number of fused-ring (bicyclic) bond motifs is 1. The van der Waals surface area contributed by atoms with Crippen molar-refractivity contribution in [3.05, 3.63) is 53.6 Å². The molecule has 0 aromatic heterocycles. The van der Waals surface area contributed by atoms with Crippen LogP contribution in [0.1, 0.15) is 35.7 Å². The highest BCUT2D eigenvalue weighted by molar-refractivity contribution is 6.10. The van der Waals surface area contributed by atoms with Crippen LogP contribution in [-0.4, -0.2) is 37.9 Å². The number of rotatable bonds is 5. The van der Waals surface area contributed by atoms with E-state index in [1.54, 1.807) is 18.2 Å². The lowest BCUT2D eigenvalue weighted by atomic mass is 10.1. The number of carbonyl (C=O) groups excluding carboxylic acids is 1. The molecule has 2 aliphatic rings. The average molecular weight is 395 g/mol. The van der Waals surface area contributed by atoms with Crippen LogP contribution in [0.2, 0.25) is 0 Å². The average Bonchev–Trinajstić information content (AvgIpc) is 3.43. The van der Waals surface area contributed by atoms with Crippen molar-refractivity contribution in [3.63, 3.8) is 0 Å². The van der Waals surface area contributed by atoms with Gasteiger partial charge in [-0.25, -0.2) is 4.99 Å². The second-order valence-corrected chi connectivity index (χ2v) is 6.98. The zero-order valence-electron chi connectivity index (χ0n) is 16.4. The molecule has 0 bridgehead atoms. The maximum atomic E-state index is 12.8. The van der Waals surface area contributed by atoms with E-state index in [0.29, 0.717) is 29.6 Å². The number of aliphatic imine (C=N–C) groups is 1. The Morgan fingerprint density at radius 2 is 2.03 bits per heavy atom. The van der Waals surface area contributed by atoms with Crippen LogP contribution in [0.4, 0.5) is 5.69 Å². The number of benzene rings is 2. The van der Waals surface area contributed by atoms with Crippen LogP contribution in [0, 0.1) is 0 Å². The maximum absolute atomic E-state index is 12.8. The Morgan fingerprint density at radius 1 is 1.17 bits per heavy atom. The van der Waals surface area contributed by atoms with Gasteiger partial charge in [0.15, 0.2) is 11.5 Å². The van der Waals surface area contributed by atoms with Crippen molar-refractivity contribution in [2.75, 3.05) is 25.3 Å². The first-order chi connectivity index (χ1) is 14.2. The van der Waals surface area contributed by atoms with Crippen LogP contribution in [0.5, 0.6) is 11.5 Å². The molecular formula is C22H25N3O4. The normalized spacial score (nSPS) is 18.0. The third-order valence-electron chi connectivity index (χ3n) is 5.00. The number of para-hydroxylation sites is 1. The second-order valence-electron chi connectivity index (χ2n) is 6.98. The van der Waals surface area contributed by atoms with Crippen LogP contribution < -0.4 is 20.1 Å². The fourth-order valence-corrected chi connectivity index (χ4v) is 3.39. The van der Waals surface area contributed by atoms with Gasteiger partial charge in [-0.15, -0.1) is 0 Å². The van der Waals surface area contributed by atoms with Crippen molar-refractivity contribution >= 4 is 17.6 Å². The summed E-state index contributed by atoms with van der Waals surface area (Å²) in [5.41, 5.74) is 2.55. The predicted octanol–water partition coefficient (Wildman–Crippen LogP) is 3.35. The van der Waals surface area contributed by atoms with Crippen LogP contribution in [-0.2, 0) is 11.2 Å². The lowest BCUT2D eigenvalue weighted by Gasteiger charge is -2.15. The van der Waals surface area contributed by atoms with E-state index in [0.717, 1.165) is 37.1 Å². The molecule has 2 aromatic rings. The SMILES string of the molecule is CCc1ccccc1NC(=NC[C@H]1CCCO1)NC(=O)c1ccc2c(c1)OCO2. The van der Waals surface area contributed by atoms with Crippen LogP contribution in [0.15, 0.2) is 47.5 Å². The summed E-state index contributed by atoms with van der Waals surface area (Å²) in [6, 6.07) is 13.1. The van der Waals surface area contributed by atoms with Gasteiger partial charge in [0.2, 0.25) is 12.8 Å². The Kier molecular flexibility index (Phi) is 5.95. The van der Waals surface area contributed by atoms with Crippen molar-refractivity contribution in [1.29, 1.82) is 0 Å². The number of hydrogen-bond donors (Lipinski definition) is 2. The van der Waals surface area contributed by atoms with Gasteiger partial charge >= 0.3 is 0 Å². The van der Waals surface area contributed by atoms with E-state index in [4.69, 9.17) is 14.2 Å². The van der Waals surface area contributed by atoms with Crippen molar-refractivity contribution in [1.82, 2.24) is 5.32 Å². The molecule has 1 saturated heterocycles. The molecule has 1 fully saturated rings. The summed E-state index contributed by atoms with van der Waals surface area (Å²) in [6.07, 6.45) is 3.00. The molecule has 2 aromatic carbocycles. The summed E-state index contributed by atoms with van der Waals surface area (Å²) in [4.78, 5) is 17.4. The number of aryl methyl sites for hydroxylation is 1. The third-order valence-corrected chi connectivity index (χ3v) is 5.00. The molecule has 0 radical (unpaired) electrons. The number of ether oxygens (including phenoxy) is 3. The number of carbonyl (C=O) groups is 1. The quantitative estimate of drug-likeness (QED) is 0.599. The monoisotopic (exact) mass is 395 g/mol. The van der Waals surface area contributed by atoms with Crippen molar-refractivity contribution in [2.45, 2.75) is 32.3 Å². The van der Waals surface area contributed by atoms with Gasteiger partial charge in [-0.3, -0.25) is 10.1 Å². The van der Waals surface area contributed by atoms with Crippen molar-refractivity contribution in [3.8, 4) is 11.5 Å². The third kappa shape index (κ3) is 4.68. The van der Waals surface area contributed by atoms with E-state index in [1.807, 2.05) is 18.2 Å². The molecule has 7 nitrogen and oxygen atoms in total. The summed E-state index contributed by atoms with van der Waals surface area (Å²) in [7, 11) is 0. The molecule has 2 heterocycles. The number of amides is 1. The predicted molar refractivity (Wildman–Crippen MR) is 111 cm³/mol. The Hall–Kier alpha value is -3.06. The van der Waals surface area contributed by atoms with Crippen LogP contribution in [0.25, 0.3) is 0 Å². The molecule has 7 heteroatoms. The zero-order chi connectivity index (χ0) is 20.1. The molecule has 1 amide bonds. The maximum Gasteiger partial charge on any atom is 0.258 e. The van der Waals surface area contributed by atoms with E-state index < -0.39 is 0 Å². The summed E-state index contributed by atoms with van der Waals surface area (Å²) in [5, 5.41) is 6.18. The van der Waals surface area contributed by atoms with Crippen molar-refractivity contribution < 1.29 is 19.0 Å². The van der Waals surface area contributed by atoms with E-state index in [1.165, 1.54) is 0 Å². The van der Waals surface area contributed by atoms with Gasteiger partial charge in [0.05, 0.1) is 12.6 Å². The van der Waals surface area contributed by atoms with Gasteiger partial charge in [-0.1, -0.05) is 25.1 Å². The first-order valence-electron chi connectivity index (χ1n) is 9.95. The van der Waals surface area contributed by atoms with Crippen molar-refractivity contribution in [2.24, 2.45) is 4.99 Å². The second kappa shape index (κ2) is 8.96. The minimum absolute atomic E-state index is 0.0932. The van der Waals surface area contributed by atoms with Crippen LogP contribution in [0.3, 0.4) is 0 Å². The van der Waals surface area contributed by atoms with Gasteiger partial charge in [0, 0.05) is 17.9 Å². The van der Waals surface area contributed by atoms with Gasteiger partial charge in [-0.05, 0) is 49.1 Å². The lowest BCUT2D eigenvalue weighted by molar-refractivity contribution is 0.0975. The molecule has 4 rings (SSSR count). The molecular weight excluding hydrogens is 370 g/mol. The highest BCUT2D eigenvalue weighted by Gasteiger charge is 2.19. The molecule has 29 heavy (non-hydrogen) atoms. The Bertz CT molecular complexity index is 907. The summed E-state index contributed by atoms with van der Waals surface area (Å²) in [6.45, 7) is 3.53. The molecule has 0 saturated carbocycles. The summed E-state index contributed by atoms with van der Waals surface area (Å²) in [5.74, 6) is 1.35. The fourth-order valence-electron chi connectivity index (χ4n) is 3.39. The van der Waals surface area contributed by atoms with Gasteiger partial charge < -0.3 is 19.5 Å². The molecule has 1 atom stereocenters. The zero-order valence-corrected chi connectivity index (χ0v) is 16.4. The first kappa shape index (κ1) is 19.3. The van der Waals surface area contributed by atoms with Gasteiger partial charge in [0.25, 0.3) is 5.91 Å². The summed E-state index contributed by atoms with van der Waals surface area (Å²) < 4.78 is 16.3. The molecule has 0 unspecified atom stereocenters. The topological polar surface area (TPSA) is 81.2 Å². The molecule has 2 N–H and O–H groups in total. The highest BCUT2D eigenvalue weighted by Crippen LogP contribution is 2.32. The highest BCUT2D eigenvalue weighted by atomic mass is 16.7. The number of nitrogens with one attached hydrogen (secondary N) is 2. The minimum Gasteiger partial charge on any atom is -0.454 e.